The molecule has 5 nitrogen and oxygen atoms in total. The quantitative estimate of drug-likeness (QED) is 0.622. The van der Waals surface area contributed by atoms with Gasteiger partial charge >= 0.3 is 5.97 Å². The smallest absolute Gasteiger partial charge is 0.329 e. The van der Waals surface area contributed by atoms with E-state index < -0.39 is 6.04 Å². The van der Waals surface area contributed by atoms with E-state index >= 15 is 0 Å². The van der Waals surface area contributed by atoms with Gasteiger partial charge in [0.25, 0.3) is 0 Å². The third kappa shape index (κ3) is 4.53. The second-order valence-corrected chi connectivity index (χ2v) is 5.90. The lowest BCUT2D eigenvalue weighted by Gasteiger charge is -2.22. The van der Waals surface area contributed by atoms with Gasteiger partial charge in [0.2, 0.25) is 5.91 Å². The molecule has 0 unspecified atom stereocenters. The van der Waals surface area contributed by atoms with Crippen molar-refractivity contribution in [1.29, 1.82) is 0 Å². The Kier molecular flexibility index (Phi) is 5.57. The summed E-state index contributed by atoms with van der Waals surface area (Å²) >= 11 is 0. The van der Waals surface area contributed by atoms with Gasteiger partial charge in [-0.1, -0.05) is 36.4 Å². The summed E-state index contributed by atoms with van der Waals surface area (Å²) in [4.78, 5) is 30.4. The SMILES string of the molecule is O=C(OCc1ccccc1)[C@H]1CCCN1C(=O)/C=C/c1cccnc1. The Morgan fingerprint density at radius 3 is 2.80 bits per heavy atom. The summed E-state index contributed by atoms with van der Waals surface area (Å²) < 4.78 is 5.39. The molecule has 0 spiro atoms. The van der Waals surface area contributed by atoms with Crippen LogP contribution in [0.3, 0.4) is 0 Å². The zero-order chi connectivity index (χ0) is 17.5. The summed E-state index contributed by atoms with van der Waals surface area (Å²) in [6, 6.07) is 12.7. The molecule has 25 heavy (non-hydrogen) atoms. The first-order valence-electron chi connectivity index (χ1n) is 8.33. The van der Waals surface area contributed by atoms with Crippen LogP contribution < -0.4 is 0 Å². The number of likely N-dealkylation sites (tertiary alicyclic amines) is 1. The van der Waals surface area contributed by atoms with E-state index in [9.17, 15) is 9.59 Å². The van der Waals surface area contributed by atoms with E-state index in [1.807, 2.05) is 42.5 Å². The molecule has 5 heteroatoms. The standard InChI is InChI=1S/C20H20N2O3/c23-19(11-10-16-8-4-12-21-14-16)22-13-5-9-18(22)20(24)25-15-17-6-2-1-3-7-17/h1-4,6-8,10-12,14,18H,5,9,13,15H2/b11-10+/t18-/m1/s1. The second kappa shape index (κ2) is 8.24. The Bertz CT molecular complexity index is 744. The van der Waals surface area contributed by atoms with Crippen molar-refractivity contribution in [3.05, 3.63) is 72.1 Å². The molecule has 2 heterocycles. The fourth-order valence-corrected chi connectivity index (χ4v) is 2.84. The Hall–Kier alpha value is -2.95. The zero-order valence-electron chi connectivity index (χ0n) is 13.9. The summed E-state index contributed by atoms with van der Waals surface area (Å²) in [7, 11) is 0. The van der Waals surface area contributed by atoms with Crippen LogP contribution in [0, 0.1) is 0 Å². The van der Waals surface area contributed by atoms with E-state index in [0.29, 0.717) is 13.0 Å². The minimum absolute atomic E-state index is 0.178. The van der Waals surface area contributed by atoms with Crippen molar-refractivity contribution in [3.63, 3.8) is 0 Å². The number of rotatable bonds is 5. The van der Waals surface area contributed by atoms with Crippen molar-refractivity contribution in [3.8, 4) is 0 Å². The highest BCUT2D eigenvalue weighted by molar-refractivity contribution is 5.95. The maximum absolute atomic E-state index is 12.4. The van der Waals surface area contributed by atoms with Crippen molar-refractivity contribution in [2.45, 2.75) is 25.5 Å². The Labute approximate surface area is 146 Å². The minimum Gasteiger partial charge on any atom is -0.459 e. The third-order valence-corrected chi connectivity index (χ3v) is 4.13. The second-order valence-electron chi connectivity index (χ2n) is 5.90. The largest absolute Gasteiger partial charge is 0.459 e. The van der Waals surface area contributed by atoms with Gasteiger partial charge in [0, 0.05) is 25.0 Å². The molecule has 3 rings (SSSR count). The lowest BCUT2D eigenvalue weighted by atomic mass is 10.2. The molecule has 1 atom stereocenters. The maximum Gasteiger partial charge on any atom is 0.329 e. The Balaban J connectivity index is 1.58. The fraction of sp³-hybridized carbons (Fsp3) is 0.250. The van der Waals surface area contributed by atoms with E-state index in [-0.39, 0.29) is 18.5 Å². The monoisotopic (exact) mass is 336 g/mol. The first-order chi connectivity index (χ1) is 12.2. The molecule has 0 radical (unpaired) electrons. The summed E-state index contributed by atoms with van der Waals surface area (Å²) in [5.41, 5.74) is 1.78. The Morgan fingerprint density at radius 2 is 2.04 bits per heavy atom. The predicted molar refractivity (Wildman–Crippen MR) is 94.2 cm³/mol. The van der Waals surface area contributed by atoms with Crippen molar-refractivity contribution in [1.82, 2.24) is 9.88 Å². The maximum atomic E-state index is 12.4. The van der Waals surface area contributed by atoms with Gasteiger partial charge in [-0.05, 0) is 36.1 Å². The highest BCUT2D eigenvalue weighted by Crippen LogP contribution is 2.20. The van der Waals surface area contributed by atoms with Gasteiger partial charge in [0.1, 0.15) is 12.6 Å². The molecular weight excluding hydrogens is 316 g/mol. The van der Waals surface area contributed by atoms with Crippen molar-refractivity contribution in [2.24, 2.45) is 0 Å². The number of benzene rings is 1. The number of pyridine rings is 1. The number of hydrogen-bond donors (Lipinski definition) is 0. The van der Waals surface area contributed by atoms with Gasteiger partial charge in [0.05, 0.1) is 0 Å². The molecule has 1 aromatic carbocycles. The molecule has 1 fully saturated rings. The normalized spacial score (nSPS) is 17.0. The number of carbonyl (C=O) groups is 2. The number of nitrogens with zero attached hydrogens (tertiary/aromatic N) is 2. The summed E-state index contributed by atoms with van der Waals surface area (Å²) in [5.74, 6) is -0.521. The molecule has 0 aliphatic carbocycles. The van der Waals surface area contributed by atoms with Gasteiger partial charge in [-0.25, -0.2) is 4.79 Å². The van der Waals surface area contributed by atoms with E-state index in [1.54, 1.807) is 23.4 Å². The average Bonchev–Trinajstić information content (AvgIpc) is 3.16. The number of ether oxygens (including phenoxy) is 1. The van der Waals surface area contributed by atoms with E-state index in [1.165, 1.54) is 6.08 Å². The molecule has 0 saturated carbocycles. The number of esters is 1. The van der Waals surface area contributed by atoms with Gasteiger partial charge in [-0.15, -0.1) is 0 Å². The molecule has 1 amide bonds. The van der Waals surface area contributed by atoms with Gasteiger partial charge in [-0.3, -0.25) is 9.78 Å². The average molecular weight is 336 g/mol. The molecule has 0 N–H and O–H groups in total. The minimum atomic E-state index is -0.505. The molecule has 1 aromatic heterocycles. The van der Waals surface area contributed by atoms with Gasteiger partial charge < -0.3 is 9.64 Å². The van der Waals surface area contributed by atoms with Gasteiger partial charge in [0.15, 0.2) is 0 Å². The first-order valence-corrected chi connectivity index (χ1v) is 8.33. The molecule has 1 saturated heterocycles. The van der Waals surface area contributed by atoms with Crippen LogP contribution in [-0.2, 0) is 20.9 Å². The predicted octanol–water partition coefficient (Wildman–Crippen LogP) is 2.83. The van der Waals surface area contributed by atoms with Crippen molar-refractivity contribution in [2.75, 3.05) is 6.54 Å². The van der Waals surface area contributed by atoms with Crippen molar-refractivity contribution >= 4 is 18.0 Å². The van der Waals surface area contributed by atoms with Gasteiger partial charge in [-0.2, -0.15) is 0 Å². The first kappa shape index (κ1) is 16.9. The Morgan fingerprint density at radius 1 is 1.20 bits per heavy atom. The van der Waals surface area contributed by atoms with Crippen LogP contribution in [0.25, 0.3) is 6.08 Å². The third-order valence-electron chi connectivity index (χ3n) is 4.13. The lowest BCUT2D eigenvalue weighted by molar-refractivity contribution is -0.153. The van der Waals surface area contributed by atoms with Crippen LogP contribution in [0.1, 0.15) is 24.0 Å². The fourth-order valence-electron chi connectivity index (χ4n) is 2.84. The highest BCUT2D eigenvalue weighted by Gasteiger charge is 2.34. The number of amides is 1. The van der Waals surface area contributed by atoms with E-state index in [0.717, 1.165) is 17.5 Å². The molecule has 0 bridgehead atoms. The van der Waals surface area contributed by atoms with E-state index in [2.05, 4.69) is 4.98 Å². The number of aromatic nitrogens is 1. The zero-order valence-corrected chi connectivity index (χ0v) is 13.9. The molecular formula is C20H20N2O3. The summed E-state index contributed by atoms with van der Waals surface area (Å²) in [6.45, 7) is 0.797. The molecule has 1 aliphatic rings. The summed E-state index contributed by atoms with van der Waals surface area (Å²) in [5, 5.41) is 0. The van der Waals surface area contributed by atoms with Crippen LogP contribution in [0.5, 0.6) is 0 Å². The lowest BCUT2D eigenvalue weighted by Crippen LogP contribution is -2.40. The van der Waals surface area contributed by atoms with Crippen LogP contribution in [0.4, 0.5) is 0 Å². The molecule has 1 aliphatic heterocycles. The van der Waals surface area contributed by atoms with Crippen LogP contribution >= 0.6 is 0 Å². The number of hydrogen-bond acceptors (Lipinski definition) is 4. The van der Waals surface area contributed by atoms with Crippen LogP contribution in [-0.4, -0.2) is 34.3 Å². The van der Waals surface area contributed by atoms with Crippen molar-refractivity contribution < 1.29 is 14.3 Å². The highest BCUT2D eigenvalue weighted by atomic mass is 16.5. The molecule has 2 aromatic rings. The van der Waals surface area contributed by atoms with Crippen LogP contribution in [0.15, 0.2) is 60.9 Å². The van der Waals surface area contributed by atoms with Crippen LogP contribution in [0.2, 0.25) is 0 Å². The van der Waals surface area contributed by atoms with E-state index in [4.69, 9.17) is 4.74 Å². The summed E-state index contributed by atoms with van der Waals surface area (Å²) in [6.07, 6.45) is 8.00. The topological polar surface area (TPSA) is 59.5 Å². The molecule has 128 valence electrons. The number of carbonyl (C=O) groups excluding carboxylic acids is 2.